The quantitative estimate of drug-likeness (QED) is 0.801. The Hall–Kier alpha value is -2.27. The molecular formula is C14H14O5. The molecule has 1 aromatic heterocycles. The van der Waals surface area contributed by atoms with Crippen LogP contribution in [0.1, 0.15) is 5.76 Å². The van der Waals surface area contributed by atoms with E-state index >= 15 is 0 Å². The number of hydrogen-bond acceptors (Lipinski definition) is 5. The van der Waals surface area contributed by atoms with Crippen LogP contribution in [0.5, 0.6) is 11.5 Å². The normalized spacial score (nSPS) is 10.2. The minimum atomic E-state index is -0.324. The van der Waals surface area contributed by atoms with Gasteiger partial charge >= 0.3 is 0 Å². The van der Waals surface area contributed by atoms with Crippen LogP contribution in [0.25, 0.3) is 0 Å². The van der Waals surface area contributed by atoms with E-state index in [4.69, 9.17) is 19.0 Å². The minimum Gasteiger partial charge on any atom is -0.490 e. The first-order valence-corrected chi connectivity index (χ1v) is 5.83. The van der Waals surface area contributed by atoms with Gasteiger partial charge in [0.2, 0.25) is 11.2 Å². The second-order valence-electron chi connectivity index (χ2n) is 3.74. The summed E-state index contributed by atoms with van der Waals surface area (Å²) in [7, 11) is 0. The highest BCUT2D eigenvalue weighted by Gasteiger charge is 2.03. The number of aliphatic hydroxyl groups is 1. The van der Waals surface area contributed by atoms with Crippen LogP contribution in [-0.2, 0) is 6.61 Å². The minimum absolute atomic E-state index is 0.105. The van der Waals surface area contributed by atoms with Gasteiger partial charge in [0, 0.05) is 6.07 Å². The van der Waals surface area contributed by atoms with Crippen molar-refractivity contribution < 1.29 is 19.0 Å². The van der Waals surface area contributed by atoms with Crippen molar-refractivity contribution in [2.45, 2.75) is 6.61 Å². The molecule has 0 atom stereocenters. The van der Waals surface area contributed by atoms with E-state index in [9.17, 15) is 4.79 Å². The molecule has 0 spiro atoms. The number of aliphatic hydroxyl groups excluding tert-OH is 1. The first-order valence-electron chi connectivity index (χ1n) is 5.83. The Morgan fingerprint density at radius 2 is 1.84 bits per heavy atom. The van der Waals surface area contributed by atoms with Crippen LogP contribution in [0, 0.1) is 0 Å². The summed E-state index contributed by atoms with van der Waals surface area (Å²) >= 11 is 0. The standard InChI is InChI=1S/C14H14O5/c15-9-12-8-13(16)14(10-19-12)18-7-6-17-11-4-2-1-3-5-11/h1-5,8,10,15H,6-7,9H2. The molecule has 2 rings (SSSR count). The summed E-state index contributed by atoms with van der Waals surface area (Å²) in [6, 6.07) is 10.5. The molecule has 0 amide bonds. The summed E-state index contributed by atoms with van der Waals surface area (Å²) in [6.45, 7) is 0.246. The lowest BCUT2D eigenvalue weighted by Gasteiger charge is -2.07. The summed E-state index contributed by atoms with van der Waals surface area (Å²) in [5.41, 5.74) is -0.324. The Labute approximate surface area is 110 Å². The van der Waals surface area contributed by atoms with Crippen LogP contribution in [0.4, 0.5) is 0 Å². The molecule has 0 aliphatic heterocycles. The first-order chi connectivity index (χ1) is 9.29. The van der Waals surface area contributed by atoms with Crippen molar-refractivity contribution in [1.82, 2.24) is 0 Å². The van der Waals surface area contributed by atoms with Gasteiger partial charge < -0.3 is 19.0 Å². The fourth-order valence-electron chi connectivity index (χ4n) is 1.45. The number of ether oxygens (including phenoxy) is 2. The van der Waals surface area contributed by atoms with Gasteiger partial charge in [0.25, 0.3) is 0 Å². The molecule has 19 heavy (non-hydrogen) atoms. The molecule has 2 aromatic rings. The molecular weight excluding hydrogens is 248 g/mol. The average Bonchev–Trinajstić information content (AvgIpc) is 2.46. The SMILES string of the molecule is O=c1cc(CO)occ1OCCOc1ccccc1. The van der Waals surface area contributed by atoms with E-state index in [1.165, 1.54) is 12.3 Å². The Kier molecular flexibility index (Phi) is 4.58. The molecule has 0 fully saturated rings. The van der Waals surface area contributed by atoms with Gasteiger partial charge in [-0.25, -0.2) is 0 Å². The predicted molar refractivity (Wildman–Crippen MR) is 68.3 cm³/mol. The summed E-state index contributed by atoms with van der Waals surface area (Å²) < 4.78 is 15.6. The molecule has 0 saturated heterocycles. The van der Waals surface area contributed by atoms with Crippen molar-refractivity contribution in [2.24, 2.45) is 0 Å². The lowest BCUT2D eigenvalue weighted by atomic mass is 10.3. The molecule has 0 aliphatic carbocycles. The smallest absolute Gasteiger partial charge is 0.227 e. The molecule has 100 valence electrons. The van der Waals surface area contributed by atoms with E-state index < -0.39 is 0 Å². The third-order valence-electron chi connectivity index (χ3n) is 2.36. The number of rotatable bonds is 6. The summed E-state index contributed by atoms with van der Waals surface area (Å²) in [5.74, 6) is 1.06. The van der Waals surface area contributed by atoms with E-state index in [1.807, 2.05) is 30.3 Å². The average molecular weight is 262 g/mol. The van der Waals surface area contributed by atoms with E-state index in [0.717, 1.165) is 5.75 Å². The van der Waals surface area contributed by atoms with Crippen LogP contribution in [0.2, 0.25) is 0 Å². The first kappa shape index (κ1) is 13.2. The van der Waals surface area contributed by atoms with Crippen molar-refractivity contribution >= 4 is 0 Å². The highest BCUT2D eigenvalue weighted by atomic mass is 16.5. The summed E-state index contributed by atoms with van der Waals surface area (Å²) in [6.07, 6.45) is 1.19. The van der Waals surface area contributed by atoms with Crippen LogP contribution in [0.15, 0.2) is 51.9 Å². The molecule has 5 nitrogen and oxygen atoms in total. The third-order valence-corrected chi connectivity index (χ3v) is 2.36. The Bertz CT molecular complexity index is 562. The second kappa shape index (κ2) is 6.61. The van der Waals surface area contributed by atoms with Gasteiger partial charge in [-0.3, -0.25) is 4.79 Å². The fourth-order valence-corrected chi connectivity index (χ4v) is 1.45. The predicted octanol–water partition coefficient (Wildman–Crippen LogP) is 1.59. The van der Waals surface area contributed by atoms with Gasteiger partial charge in [-0.2, -0.15) is 0 Å². The van der Waals surface area contributed by atoms with Gasteiger partial charge in [-0.05, 0) is 12.1 Å². The lowest BCUT2D eigenvalue weighted by Crippen LogP contribution is -2.14. The molecule has 0 aliphatic rings. The summed E-state index contributed by atoms with van der Waals surface area (Å²) in [5, 5.41) is 8.80. The van der Waals surface area contributed by atoms with Crippen LogP contribution in [-0.4, -0.2) is 18.3 Å². The molecule has 0 bridgehead atoms. The lowest BCUT2D eigenvalue weighted by molar-refractivity contribution is 0.207. The Morgan fingerprint density at radius 1 is 1.11 bits per heavy atom. The molecule has 1 aromatic carbocycles. The van der Waals surface area contributed by atoms with E-state index in [0.29, 0.717) is 6.61 Å². The molecule has 5 heteroatoms. The largest absolute Gasteiger partial charge is 0.490 e. The van der Waals surface area contributed by atoms with E-state index in [-0.39, 0.29) is 30.2 Å². The van der Waals surface area contributed by atoms with E-state index in [1.54, 1.807) is 0 Å². The van der Waals surface area contributed by atoms with Crippen molar-refractivity contribution in [2.75, 3.05) is 13.2 Å². The van der Waals surface area contributed by atoms with Crippen molar-refractivity contribution in [3.05, 3.63) is 58.6 Å². The highest BCUT2D eigenvalue weighted by Crippen LogP contribution is 2.09. The number of benzene rings is 1. The molecule has 0 unspecified atom stereocenters. The van der Waals surface area contributed by atoms with Crippen LogP contribution in [0.3, 0.4) is 0 Å². The van der Waals surface area contributed by atoms with Gasteiger partial charge in [0.1, 0.15) is 37.6 Å². The number of hydrogen-bond donors (Lipinski definition) is 1. The van der Waals surface area contributed by atoms with Crippen molar-refractivity contribution in [3.63, 3.8) is 0 Å². The maximum Gasteiger partial charge on any atom is 0.227 e. The van der Waals surface area contributed by atoms with Crippen LogP contribution >= 0.6 is 0 Å². The van der Waals surface area contributed by atoms with Gasteiger partial charge in [-0.1, -0.05) is 18.2 Å². The zero-order valence-electron chi connectivity index (χ0n) is 10.2. The fraction of sp³-hybridized carbons (Fsp3) is 0.214. The summed E-state index contributed by atoms with van der Waals surface area (Å²) in [4.78, 5) is 11.5. The zero-order valence-corrected chi connectivity index (χ0v) is 10.2. The Balaban J connectivity index is 1.81. The van der Waals surface area contributed by atoms with Gasteiger partial charge in [0.05, 0.1) is 0 Å². The number of para-hydroxylation sites is 1. The van der Waals surface area contributed by atoms with Crippen molar-refractivity contribution in [1.29, 1.82) is 0 Å². The highest BCUT2D eigenvalue weighted by molar-refractivity contribution is 5.21. The van der Waals surface area contributed by atoms with E-state index in [2.05, 4.69) is 0 Å². The third kappa shape index (κ3) is 3.86. The maximum atomic E-state index is 11.5. The van der Waals surface area contributed by atoms with Crippen LogP contribution < -0.4 is 14.9 Å². The monoisotopic (exact) mass is 262 g/mol. The molecule has 0 saturated carbocycles. The zero-order chi connectivity index (χ0) is 13.5. The molecule has 1 heterocycles. The molecule has 1 N–H and O–H groups in total. The molecule has 0 radical (unpaired) electrons. The van der Waals surface area contributed by atoms with Crippen molar-refractivity contribution in [3.8, 4) is 11.5 Å². The topological polar surface area (TPSA) is 68.9 Å². The second-order valence-corrected chi connectivity index (χ2v) is 3.74. The maximum absolute atomic E-state index is 11.5. The Morgan fingerprint density at radius 3 is 2.53 bits per heavy atom. The van der Waals surface area contributed by atoms with Gasteiger partial charge in [-0.15, -0.1) is 0 Å². The van der Waals surface area contributed by atoms with Gasteiger partial charge in [0.15, 0.2) is 0 Å².